The second-order valence-electron chi connectivity index (χ2n) is 6.03. The van der Waals surface area contributed by atoms with Crippen molar-refractivity contribution in [2.24, 2.45) is 5.10 Å². The van der Waals surface area contributed by atoms with Gasteiger partial charge in [-0.05, 0) is 88.3 Å². The van der Waals surface area contributed by atoms with E-state index in [9.17, 15) is 9.18 Å². The molecule has 0 saturated carbocycles. The van der Waals surface area contributed by atoms with Crippen LogP contribution in [0.5, 0.6) is 11.5 Å². The van der Waals surface area contributed by atoms with Crippen molar-refractivity contribution in [3.05, 3.63) is 92.8 Å². The Labute approximate surface area is 181 Å². The van der Waals surface area contributed by atoms with Crippen molar-refractivity contribution >= 4 is 34.7 Å². The molecular weight excluding hydrogens is 486 g/mol. The van der Waals surface area contributed by atoms with Crippen LogP contribution in [0.1, 0.15) is 21.5 Å². The molecule has 0 aliphatic heterocycles. The van der Waals surface area contributed by atoms with Crippen molar-refractivity contribution in [3.8, 4) is 11.5 Å². The van der Waals surface area contributed by atoms with E-state index in [4.69, 9.17) is 9.47 Å². The highest BCUT2D eigenvalue weighted by Gasteiger charge is 2.07. The Morgan fingerprint density at radius 3 is 2.48 bits per heavy atom. The summed E-state index contributed by atoms with van der Waals surface area (Å²) >= 11 is 2.18. The SMILES string of the molecule is COc1cc(/C=N\NC(=O)c2ccc(I)cc2)ccc1OCc1ccc(F)cc1. The van der Waals surface area contributed by atoms with Crippen LogP contribution in [0, 0.1) is 9.39 Å². The Hall–Kier alpha value is -2.94. The summed E-state index contributed by atoms with van der Waals surface area (Å²) < 4.78 is 25.2. The fraction of sp³-hybridized carbons (Fsp3) is 0.0909. The Kier molecular flexibility index (Phi) is 7.18. The number of amides is 1. The molecule has 0 aromatic heterocycles. The summed E-state index contributed by atoms with van der Waals surface area (Å²) in [5.41, 5.74) is 4.61. The van der Waals surface area contributed by atoms with E-state index in [2.05, 4.69) is 33.1 Å². The number of nitrogens with zero attached hydrogens (tertiary/aromatic N) is 1. The van der Waals surface area contributed by atoms with E-state index in [0.717, 1.165) is 14.7 Å². The van der Waals surface area contributed by atoms with Gasteiger partial charge in [-0.2, -0.15) is 5.10 Å². The zero-order valence-electron chi connectivity index (χ0n) is 15.6. The van der Waals surface area contributed by atoms with Crippen molar-refractivity contribution < 1.29 is 18.7 Å². The number of ether oxygens (including phenoxy) is 2. The number of hydrogen-bond acceptors (Lipinski definition) is 4. The second kappa shape index (κ2) is 10.0. The quantitative estimate of drug-likeness (QED) is 0.286. The summed E-state index contributed by atoms with van der Waals surface area (Å²) in [6.07, 6.45) is 1.52. The largest absolute Gasteiger partial charge is 0.493 e. The van der Waals surface area contributed by atoms with E-state index in [0.29, 0.717) is 17.1 Å². The van der Waals surface area contributed by atoms with Crippen molar-refractivity contribution in [1.29, 1.82) is 0 Å². The third-order valence-corrected chi connectivity index (χ3v) is 4.70. The molecule has 0 saturated heterocycles. The lowest BCUT2D eigenvalue weighted by Gasteiger charge is -2.11. The number of hydrogen-bond donors (Lipinski definition) is 1. The molecule has 148 valence electrons. The summed E-state index contributed by atoms with van der Waals surface area (Å²) in [5, 5.41) is 3.99. The normalized spacial score (nSPS) is 10.7. The molecule has 0 heterocycles. The maximum Gasteiger partial charge on any atom is 0.271 e. The molecule has 0 unspecified atom stereocenters. The minimum Gasteiger partial charge on any atom is -0.493 e. The topological polar surface area (TPSA) is 59.9 Å². The van der Waals surface area contributed by atoms with Crippen molar-refractivity contribution in [2.45, 2.75) is 6.61 Å². The van der Waals surface area contributed by atoms with E-state index >= 15 is 0 Å². The van der Waals surface area contributed by atoms with Gasteiger partial charge in [-0.1, -0.05) is 12.1 Å². The van der Waals surface area contributed by atoms with E-state index in [1.54, 1.807) is 49.6 Å². The molecule has 3 aromatic carbocycles. The molecule has 5 nitrogen and oxygen atoms in total. The number of nitrogens with one attached hydrogen (secondary N) is 1. The number of rotatable bonds is 7. The van der Waals surface area contributed by atoms with Gasteiger partial charge in [0.2, 0.25) is 0 Å². The molecule has 0 aliphatic carbocycles. The van der Waals surface area contributed by atoms with Gasteiger partial charge in [-0.25, -0.2) is 9.82 Å². The molecule has 0 bridgehead atoms. The first-order valence-electron chi connectivity index (χ1n) is 8.69. The lowest BCUT2D eigenvalue weighted by Crippen LogP contribution is -2.17. The van der Waals surface area contributed by atoms with E-state index in [1.165, 1.54) is 18.3 Å². The molecule has 0 atom stereocenters. The molecule has 0 radical (unpaired) electrons. The molecule has 0 aliphatic rings. The van der Waals surface area contributed by atoms with Crippen LogP contribution in [0.3, 0.4) is 0 Å². The highest BCUT2D eigenvalue weighted by atomic mass is 127. The smallest absolute Gasteiger partial charge is 0.271 e. The fourth-order valence-corrected chi connectivity index (χ4v) is 2.82. The van der Waals surface area contributed by atoms with Crippen LogP contribution in [-0.4, -0.2) is 19.2 Å². The van der Waals surface area contributed by atoms with E-state index < -0.39 is 0 Å². The van der Waals surface area contributed by atoms with Gasteiger partial charge in [0.1, 0.15) is 12.4 Å². The third-order valence-electron chi connectivity index (χ3n) is 3.98. The highest BCUT2D eigenvalue weighted by molar-refractivity contribution is 14.1. The number of hydrazone groups is 1. The van der Waals surface area contributed by atoms with Crippen molar-refractivity contribution in [3.63, 3.8) is 0 Å². The zero-order valence-corrected chi connectivity index (χ0v) is 17.7. The second-order valence-corrected chi connectivity index (χ2v) is 7.28. The minimum absolute atomic E-state index is 0.288. The van der Waals surface area contributed by atoms with Crippen LogP contribution in [0.25, 0.3) is 0 Å². The Morgan fingerprint density at radius 1 is 1.07 bits per heavy atom. The van der Waals surface area contributed by atoms with Crippen molar-refractivity contribution in [1.82, 2.24) is 5.43 Å². The van der Waals surface area contributed by atoms with Gasteiger partial charge in [0.05, 0.1) is 13.3 Å². The van der Waals surface area contributed by atoms with Gasteiger partial charge in [0, 0.05) is 9.13 Å². The molecule has 1 N–H and O–H groups in total. The summed E-state index contributed by atoms with van der Waals surface area (Å²) in [7, 11) is 1.54. The monoisotopic (exact) mass is 504 g/mol. The molecule has 0 spiro atoms. The van der Waals surface area contributed by atoms with Crippen LogP contribution in [0.15, 0.2) is 71.8 Å². The maximum absolute atomic E-state index is 13.0. The highest BCUT2D eigenvalue weighted by Crippen LogP contribution is 2.28. The van der Waals surface area contributed by atoms with Crippen molar-refractivity contribution in [2.75, 3.05) is 7.11 Å². The van der Waals surface area contributed by atoms with E-state index in [1.807, 2.05) is 12.1 Å². The summed E-state index contributed by atoms with van der Waals surface area (Å²) in [5.74, 6) is 0.505. The lowest BCUT2D eigenvalue weighted by molar-refractivity contribution is 0.0955. The number of carbonyl (C=O) groups is 1. The van der Waals surface area contributed by atoms with Gasteiger partial charge in [0.25, 0.3) is 5.91 Å². The van der Waals surface area contributed by atoms with Crippen LogP contribution in [0.2, 0.25) is 0 Å². The molecule has 3 rings (SSSR count). The molecule has 7 heteroatoms. The van der Waals surface area contributed by atoms with E-state index in [-0.39, 0.29) is 18.3 Å². The van der Waals surface area contributed by atoms with Crippen LogP contribution in [0.4, 0.5) is 4.39 Å². The predicted octanol–water partition coefficient (Wildman–Crippen LogP) is 4.78. The van der Waals surface area contributed by atoms with Crippen LogP contribution < -0.4 is 14.9 Å². The minimum atomic E-state index is -0.288. The third kappa shape index (κ3) is 6.02. The Balaban J connectivity index is 1.61. The average molecular weight is 504 g/mol. The average Bonchev–Trinajstić information content (AvgIpc) is 2.74. The summed E-state index contributed by atoms with van der Waals surface area (Å²) in [4.78, 5) is 12.1. The van der Waals surface area contributed by atoms with Crippen LogP contribution in [-0.2, 0) is 6.61 Å². The Bertz CT molecular complexity index is 1010. The molecule has 3 aromatic rings. The fourth-order valence-electron chi connectivity index (χ4n) is 2.46. The first-order chi connectivity index (χ1) is 14.0. The van der Waals surface area contributed by atoms with Gasteiger partial charge >= 0.3 is 0 Å². The first-order valence-corrected chi connectivity index (χ1v) is 9.77. The van der Waals surface area contributed by atoms with Gasteiger partial charge < -0.3 is 9.47 Å². The number of benzene rings is 3. The molecular formula is C22H18FIN2O3. The summed E-state index contributed by atoms with van der Waals surface area (Å²) in [6.45, 7) is 0.288. The van der Waals surface area contributed by atoms with Gasteiger partial charge in [-0.3, -0.25) is 4.79 Å². The molecule has 0 fully saturated rings. The maximum atomic E-state index is 13.0. The van der Waals surface area contributed by atoms with Gasteiger partial charge in [0.15, 0.2) is 11.5 Å². The number of methoxy groups -OCH3 is 1. The number of halogens is 2. The lowest BCUT2D eigenvalue weighted by atomic mass is 10.2. The van der Waals surface area contributed by atoms with Crippen LogP contribution >= 0.6 is 22.6 Å². The summed E-state index contributed by atoms with van der Waals surface area (Å²) in [6, 6.07) is 18.6. The molecule has 29 heavy (non-hydrogen) atoms. The zero-order chi connectivity index (χ0) is 20.6. The number of carbonyl (C=O) groups excluding carboxylic acids is 1. The Morgan fingerprint density at radius 2 is 1.79 bits per heavy atom. The standard InChI is InChI=1S/C22H18FIN2O3/c1-28-21-12-16(13-25-26-22(27)17-5-9-19(24)10-6-17)4-11-20(21)29-14-15-2-7-18(23)8-3-15/h2-13H,14H2,1H3,(H,26,27)/b25-13-. The predicted molar refractivity (Wildman–Crippen MR) is 118 cm³/mol. The molecule has 1 amide bonds. The van der Waals surface area contributed by atoms with Gasteiger partial charge in [-0.15, -0.1) is 0 Å². The first kappa shape index (κ1) is 20.8.